The van der Waals surface area contributed by atoms with E-state index in [4.69, 9.17) is 18.9 Å². The molecule has 10 atom stereocenters. The Morgan fingerprint density at radius 1 is 0.571 bits per heavy atom. The number of rotatable bonds is 16. The van der Waals surface area contributed by atoms with Gasteiger partial charge < -0.3 is 54.7 Å². The number of unbranched alkanes of at least 4 members (excludes halogenated alkanes) is 9. The first-order valence-electron chi connectivity index (χ1n) is 13.1. The third-order valence-corrected chi connectivity index (χ3v) is 6.74. The first-order valence-corrected chi connectivity index (χ1v) is 13.1. The maximum atomic E-state index is 10.6. The van der Waals surface area contributed by atoms with Crippen LogP contribution in [0.15, 0.2) is 0 Å². The standard InChI is InChI=1S/C24H46O11/c1-2-3-4-5-6-7-8-9-10-11-12-32-23-21(31)19(29)22(16(14-26)34-23)35-24-20(30)18(28)17(27)15(13-25)33-24/h15-31H,2-14H2,1H3/t15-,16+,17+,18+,19-,20+,21+,22+,23+,24+/m0/s1. The van der Waals surface area contributed by atoms with Crippen LogP contribution in [0.1, 0.15) is 71.1 Å². The Morgan fingerprint density at radius 3 is 1.66 bits per heavy atom. The molecule has 0 amide bonds. The fourth-order valence-electron chi connectivity index (χ4n) is 4.48. The van der Waals surface area contributed by atoms with Crippen LogP contribution in [0.4, 0.5) is 0 Å². The van der Waals surface area contributed by atoms with Gasteiger partial charge in [-0.05, 0) is 6.42 Å². The zero-order chi connectivity index (χ0) is 25.8. The Balaban J connectivity index is 1.74. The maximum Gasteiger partial charge on any atom is 0.187 e. The molecule has 0 aromatic rings. The smallest absolute Gasteiger partial charge is 0.187 e. The predicted molar refractivity (Wildman–Crippen MR) is 124 cm³/mol. The minimum Gasteiger partial charge on any atom is -0.394 e. The molecule has 2 heterocycles. The zero-order valence-electron chi connectivity index (χ0n) is 20.7. The highest BCUT2D eigenvalue weighted by Gasteiger charge is 2.50. The first-order chi connectivity index (χ1) is 16.8. The van der Waals surface area contributed by atoms with E-state index in [1.54, 1.807) is 0 Å². The van der Waals surface area contributed by atoms with E-state index in [1.807, 2.05) is 0 Å². The second kappa shape index (κ2) is 16.4. The summed E-state index contributed by atoms with van der Waals surface area (Å²) in [5.74, 6) is 0. The van der Waals surface area contributed by atoms with Crippen LogP contribution in [0.25, 0.3) is 0 Å². The zero-order valence-corrected chi connectivity index (χ0v) is 20.7. The quantitative estimate of drug-likeness (QED) is 0.134. The van der Waals surface area contributed by atoms with Gasteiger partial charge in [0.15, 0.2) is 12.6 Å². The Kier molecular flexibility index (Phi) is 14.4. The lowest BCUT2D eigenvalue weighted by Gasteiger charge is -2.45. The Hall–Kier alpha value is -0.440. The molecule has 0 unspecified atom stereocenters. The van der Waals surface area contributed by atoms with E-state index in [-0.39, 0.29) is 0 Å². The predicted octanol–water partition coefficient (Wildman–Crippen LogP) is -0.452. The third-order valence-electron chi connectivity index (χ3n) is 6.74. The second-order valence-corrected chi connectivity index (χ2v) is 9.56. The molecule has 2 rings (SSSR count). The lowest BCUT2D eigenvalue weighted by molar-refractivity contribution is -0.359. The van der Waals surface area contributed by atoms with Crippen LogP contribution in [0.3, 0.4) is 0 Å². The highest BCUT2D eigenvalue weighted by atomic mass is 16.7. The van der Waals surface area contributed by atoms with Crippen molar-refractivity contribution in [3.05, 3.63) is 0 Å². The molecule has 208 valence electrons. The van der Waals surface area contributed by atoms with Gasteiger partial charge in [-0.25, -0.2) is 0 Å². The average Bonchev–Trinajstić information content (AvgIpc) is 2.86. The average molecular weight is 511 g/mol. The van der Waals surface area contributed by atoms with Gasteiger partial charge >= 0.3 is 0 Å². The molecule has 7 N–H and O–H groups in total. The Labute approximate surface area is 207 Å². The molecule has 2 fully saturated rings. The SMILES string of the molecule is CCCCCCCCCCCCO[C@@H]1O[C@H](CO)[C@@H](O[C@H]2O[C@@H](CO)[C@@H](O)[C@@H](O)[C@H]2O)[C@@H](O)[C@H]1O. The van der Waals surface area contributed by atoms with Crippen molar-refractivity contribution in [2.45, 2.75) is 133 Å². The summed E-state index contributed by atoms with van der Waals surface area (Å²) in [6, 6.07) is 0. The highest BCUT2D eigenvalue weighted by molar-refractivity contribution is 4.94. The van der Waals surface area contributed by atoms with Crippen molar-refractivity contribution in [3.8, 4) is 0 Å². The van der Waals surface area contributed by atoms with Crippen LogP contribution in [0.2, 0.25) is 0 Å². The molecular formula is C24H46O11. The summed E-state index contributed by atoms with van der Waals surface area (Å²) in [5, 5.41) is 70.1. The molecule has 0 aromatic carbocycles. The highest BCUT2D eigenvalue weighted by Crippen LogP contribution is 2.29. The molecular weight excluding hydrogens is 464 g/mol. The van der Waals surface area contributed by atoms with Crippen molar-refractivity contribution in [1.82, 2.24) is 0 Å². The van der Waals surface area contributed by atoms with Gasteiger partial charge in [0.25, 0.3) is 0 Å². The minimum absolute atomic E-state index is 0.321. The van der Waals surface area contributed by atoms with Crippen LogP contribution in [-0.4, -0.2) is 117 Å². The molecule has 0 aliphatic carbocycles. The van der Waals surface area contributed by atoms with Gasteiger partial charge in [-0.1, -0.05) is 64.7 Å². The minimum atomic E-state index is -1.69. The largest absolute Gasteiger partial charge is 0.394 e. The van der Waals surface area contributed by atoms with Crippen molar-refractivity contribution < 1.29 is 54.7 Å². The fraction of sp³-hybridized carbons (Fsp3) is 1.00. The Morgan fingerprint density at radius 2 is 1.09 bits per heavy atom. The summed E-state index contributed by atoms with van der Waals surface area (Å²) >= 11 is 0. The molecule has 11 heteroatoms. The van der Waals surface area contributed by atoms with Crippen LogP contribution >= 0.6 is 0 Å². The fourth-order valence-corrected chi connectivity index (χ4v) is 4.48. The number of aliphatic hydroxyl groups is 7. The second-order valence-electron chi connectivity index (χ2n) is 9.56. The summed E-state index contributed by atoms with van der Waals surface area (Å²) in [4.78, 5) is 0. The van der Waals surface area contributed by atoms with E-state index in [9.17, 15) is 35.7 Å². The van der Waals surface area contributed by atoms with Crippen molar-refractivity contribution in [2.75, 3.05) is 19.8 Å². The van der Waals surface area contributed by atoms with Crippen molar-refractivity contribution in [3.63, 3.8) is 0 Å². The Bertz CT molecular complexity index is 550. The van der Waals surface area contributed by atoms with Crippen molar-refractivity contribution >= 4 is 0 Å². The van der Waals surface area contributed by atoms with Gasteiger partial charge in [0, 0.05) is 6.61 Å². The van der Waals surface area contributed by atoms with Crippen molar-refractivity contribution in [1.29, 1.82) is 0 Å². The van der Waals surface area contributed by atoms with E-state index < -0.39 is 74.6 Å². The van der Waals surface area contributed by atoms with Crippen LogP contribution in [0, 0.1) is 0 Å². The molecule has 2 aliphatic heterocycles. The first kappa shape index (κ1) is 30.8. The number of ether oxygens (including phenoxy) is 4. The van der Waals surface area contributed by atoms with E-state index in [1.165, 1.54) is 44.9 Å². The molecule has 35 heavy (non-hydrogen) atoms. The molecule has 0 aromatic heterocycles. The van der Waals surface area contributed by atoms with Gasteiger partial charge in [-0.2, -0.15) is 0 Å². The third kappa shape index (κ3) is 9.11. The molecule has 0 saturated carbocycles. The van der Waals surface area contributed by atoms with Gasteiger partial charge in [0.1, 0.15) is 48.8 Å². The van der Waals surface area contributed by atoms with Gasteiger partial charge in [0.05, 0.1) is 13.2 Å². The number of hydrogen-bond donors (Lipinski definition) is 7. The normalized spacial score (nSPS) is 38.1. The lowest BCUT2D eigenvalue weighted by atomic mass is 9.97. The summed E-state index contributed by atoms with van der Waals surface area (Å²) in [6.45, 7) is 1.31. The monoisotopic (exact) mass is 510 g/mol. The number of aliphatic hydroxyl groups excluding tert-OH is 7. The molecule has 0 bridgehead atoms. The molecule has 0 spiro atoms. The van der Waals surface area contributed by atoms with Gasteiger partial charge in [-0.15, -0.1) is 0 Å². The van der Waals surface area contributed by atoms with Gasteiger partial charge in [-0.3, -0.25) is 0 Å². The number of hydrogen-bond acceptors (Lipinski definition) is 11. The van der Waals surface area contributed by atoms with E-state index >= 15 is 0 Å². The molecule has 2 saturated heterocycles. The summed E-state index contributed by atoms with van der Waals surface area (Å²) in [6.07, 6.45) is -2.63. The molecule has 2 aliphatic rings. The summed E-state index contributed by atoms with van der Waals surface area (Å²) in [7, 11) is 0. The van der Waals surface area contributed by atoms with Gasteiger partial charge in [0.2, 0.25) is 0 Å². The maximum absolute atomic E-state index is 10.6. The summed E-state index contributed by atoms with van der Waals surface area (Å²) < 4.78 is 22.0. The van der Waals surface area contributed by atoms with E-state index in [0.717, 1.165) is 19.3 Å². The van der Waals surface area contributed by atoms with Crippen LogP contribution < -0.4 is 0 Å². The van der Waals surface area contributed by atoms with E-state index in [0.29, 0.717) is 6.61 Å². The lowest BCUT2D eigenvalue weighted by Crippen LogP contribution is -2.64. The van der Waals surface area contributed by atoms with Crippen LogP contribution in [0.5, 0.6) is 0 Å². The summed E-state index contributed by atoms with van der Waals surface area (Å²) in [5.41, 5.74) is 0. The van der Waals surface area contributed by atoms with Crippen molar-refractivity contribution in [2.24, 2.45) is 0 Å². The topological polar surface area (TPSA) is 179 Å². The molecule has 0 radical (unpaired) electrons. The van der Waals surface area contributed by atoms with E-state index in [2.05, 4.69) is 6.92 Å². The van der Waals surface area contributed by atoms with Crippen LogP contribution in [-0.2, 0) is 18.9 Å². The molecule has 11 nitrogen and oxygen atoms in total.